The Morgan fingerprint density at radius 1 is 1.13 bits per heavy atom. The number of hydrogen-bond acceptors (Lipinski definition) is 5. The van der Waals surface area contributed by atoms with Crippen molar-refractivity contribution in [1.29, 1.82) is 0 Å². The predicted molar refractivity (Wildman–Crippen MR) is 118 cm³/mol. The molecular weight excluding hydrogens is 398 g/mol. The molecule has 0 bridgehead atoms. The van der Waals surface area contributed by atoms with Crippen molar-refractivity contribution in [2.24, 2.45) is 0 Å². The fourth-order valence-corrected chi connectivity index (χ4v) is 4.08. The maximum absolute atomic E-state index is 13.2. The van der Waals surface area contributed by atoms with Gasteiger partial charge in [-0.15, -0.1) is 11.3 Å². The number of ether oxygens (including phenoxy) is 1. The van der Waals surface area contributed by atoms with E-state index in [1.807, 2.05) is 47.8 Å². The molecule has 0 unspecified atom stereocenters. The Bertz CT molecular complexity index is 1280. The topological polar surface area (TPSA) is 80.3 Å². The summed E-state index contributed by atoms with van der Waals surface area (Å²) in [6, 6.07) is 18.5. The Morgan fingerprint density at radius 3 is 2.83 bits per heavy atom. The molecule has 0 aliphatic carbocycles. The molecule has 2 aromatic carbocycles. The fourth-order valence-electron chi connectivity index (χ4n) is 3.40. The van der Waals surface area contributed by atoms with Crippen molar-refractivity contribution in [2.45, 2.75) is 13.0 Å². The Morgan fingerprint density at radius 2 is 2.00 bits per heavy atom. The van der Waals surface area contributed by atoms with Crippen LogP contribution in [0.4, 0.5) is 11.4 Å². The molecular formula is C23H17N3O3S. The van der Waals surface area contributed by atoms with Crippen LogP contribution in [0.5, 0.6) is 5.75 Å². The van der Waals surface area contributed by atoms with Gasteiger partial charge in [-0.3, -0.25) is 9.59 Å². The fraction of sp³-hybridized carbons (Fsp3) is 0.0870. The van der Waals surface area contributed by atoms with Crippen LogP contribution in [-0.4, -0.2) is 22.9 Å². The van der Waals surface area contributed by atoms with Gasteiger partial charge in [0.1, 0.15) is 5.75 Å². The molecule has 1 atom stereocenters. The molecule has 2 aromatic heterocycles. The normalized spacial score (nSPS) is 15.2. The van der Waals surface area contributed by atoms with E-state index in [1.54, 1.807) is 36.5 Å². The smallest absolute Gasteiger partial charge is 0.265 e. The van der Waals surface area contributed by atoms with E-state index in [1.165, 1.54) is 0 Å². The summed E-state index contributed by atoms with van der Waals surface area (Å²) in [6.07, 6.45) is -0.545. The van der Waals surface area contributed by atoms with E-state index < -0.39 is 6.10 Å². The van der Waals surface area contributed by atoms with E-state index >= 15 is 0 Å². The average molecular weight is 415 g/mol. The lowest BCUT2D eigenvalue weighted by atomic mass is 10.1. The summed E-state index contributed by atoms with van der Waals surface area (Å²) in [5.41, 5.74) is 3.16. The molecule has 2 amide bonds. The molecule has 148 valence electrons. The number of aromatic nitrogens is 1. The number of thiophene rings is 1. The van der Waals surface area contributed by atoms with E-state index in [9.17, 15) is 9.59 Å². The lowest BCUT2D eigenvalue weighted by Gasteiger charge is -2.23. The maximum Gasteiger partial charge on any atom is 0.265 e. The quantitative estimate of drug-likeness (QED) is 0.497. The highest BCUT2D eigenvalue weighted by Crippen LogP contribution is 2.33. The molecule has 3 heterocycles. The first kappa shape index (κ1) is 18.3. The lowest BCUT2D eigenvalue weighted by Crippen LogP contribution is -2.34. The van der Waals surface area contributed by atoms with Gasteiger partial charge in [-0.25, -0.2) is 4.98 Å². The molecule has 6 nitrogen and oxygen atoms in total. The number of benzene rings is 2. The summed E-state index contributed by atoms with van der Waals surface area (Å²) in [6.45, 7) is 1.69. The number of rotatable bonds is 3. The van der Waals surface area contributed by atoms with E-state index in [-0.39, 0.29) is 11.8 Å². The van der Waals surface area contributed by atoms with E-state index in [4.69, 9.17) is 9.72 Å². The second-order valence-electron chi connectivity index (χ2n) is 6.96. The number of hydrogen-bond donors (Lipinski definition) is 2. The number of anilines is 2. The second kappa shape index (κ2) is 7.27. The van der Waals surface area contributed by atoms with Crippen molar-refractivity contribution in [3.05, 3.63) is 71.6 Å². The number of fused-ring (bicyclic) bond motifs is 2. The van der Waals surface area contributed by atoms with Gasteiger partial charge in [0.2, 0.25) is 0 Å². The van der Waals surface area contributed by atoms with Crippen molar-refractivity contribution in [2.75, 3.05) is 10.6 Å². The Hall–Kier alpha value is -3.71. The number of nitrogens with zero attached hydrogens (tertiary/aromatic N) is 1. The molecule has 30 heavy (non-hydrogen) atoms. The van der Waals surface area contributed by atoms with Crippen LogP contribution in [-0.2, 0) is 4.79 Å². The monoisotopic (exact) mass is 415 g/mol. The minimum atomic E-state index is -0.545. The van der Waals surface area contributed by atoms with Gasteiger partial charge in [0.05, 0.1) is 27.3 Å². The van der Waals surface area contributed by atoms with Crippen molar-refractivity contribution < 1.29 is 14.3 Å². The van der Waals surface area contributed by atoms with Crippen LogP contribution in [0.15, 0.2) is 66.0 Å². The Balaban J connectivity index is 1.51. The van der Waals surface area contributed by atoms with Gasteiger partial charge in [-0.05, 0) is 48.7 Å². The Labute approximate surface area is 176 Å². The van der Waals surface area contributed by atoms with Crippen LogP contribution in [0.1, 0.15) is 17.3 Å². The highest BCUT2D eigenvalue weighted by Gasteiger charge is 2.24. The number of pyridine rings is 1. The summed E-state index contributed by atoms with van der Waals surface area (Å²) < 4.78 is 5.57. The van der Waals surface area contributed by atoms with Crippen LogP contribution in [0.2, 0.25) is 0 Å². The molecule has 0 fully saturated rings. The van der Waals surface area contributed by atoms with Crippen molar-refractivity contribution in [1.82, 2.24) is 4.98 Å². The van der Waals surface area contributed by atoms with Crippen molar-refractivity contribution >= 4 is 45.4 Å². The molecule has 0 saturated heterocycles. The van der Waals surface area contributed by atoms with Crippen LogP contribution < -0.4 is 15.4 Å². The molecule has 4 aromatic rings. The van der Waals surface area contributed by atoms with Gasteiger partial charge < -0.3 is 15.4 Å². The first-order valence-electron chi connectivity index (χ1n) is 9.45. The first-order valence-corrected chi connectivity index (χ1v) is 10.3. The molecule has 1 aliphatic heterocycles. The molecule has 5 rings (SSSR count). The van der Waals surface area contributed by atoms with Gasteiger partial charge in [0.15, 0.2) is 6.10 Å². The summed E-state index contributed by atoms with van der Waals surface area (Å²) in [4.78, 5) is 30.8. The highest BCUT2D eigenvalue weighted by molar-refractivity contribution is 7.13. The molecule has 7 heteroatoms. The average Bonchev–Trinajstić information content (AvgIpc) is 3.29. The van der Waals surface area contributed by atoms with Gasteiger partial charge >= 0.3 is 0 Å². The zero-order valence-corrected chi connectivity index (χ0v) is 16.8. The third kappa shape index (κ3) is 3.29. The van der Waals surface area contributed by atoms with E-state index in [0.29, 0.717) is 22.7 Å². The summed E-state index contributed by atoms with van der Waals surface area (Å²) in [5, 5.41) is 8.48. The van der Waals surface area contributed by atoms with E-state index in [2.05, 4.69) is 10.6 Å². The number of nitrogens with one attached hydrogen (secondary N) is 2. The highest BCUT2D eigenvalue weighted by atomic mass is 32.1. The van der Waals surface area contributed by atoms with Crippen LogP contribution in [0.25, 0.3) is 21.5 Å². The summed E-state index contributed by atoms with van der Waals surface area (Å²) >= 11 is 1.58. The molecule has 0 saturated carbocycles. The summed E-state index contributed by atoms with van der Waals surface area (Å²) in [5.74, 6) is 0.115. The van der Waals surface area contributed by atoms with Gasteiger partial charge in [0.25, 0.3) is 11.8 Å². The third-order valence-corrected chi connectivity index (χ3v) is 5.80. The molecule has 1 aliphatic rings. The summed E-state index contributed by atoms with van der Waals surface area (Å²) in [7, 11) is 0. The molecule has 2 N–H and O–H groups in total. The SMILES string of the molecule is C[C@@H]1Oc2ccc(NC(=O)c3cc(-c4cccs4)nc4ccccc34)cc2NC1=O. The van der Waals surface area contributed by atoms with Crippen LogP contribution >= 0.6 is 11.3 Å². The largest absolute Gasteiger partial charge is 0.479 e. The minimum absolute atomic E-state index is 0.216. The number of carbonyl (C=O) groups excluding carboxylic acids is 2. The third-order valence-electron chi connectivity index (χ3n) is 4.90. The van der Waals surface area contributed by atoms with E-state index in [0.717, 1.165) is 21.5 Å². The van der Waals surface area contributed by atoms with Gasteiger partial charge in [0, 0.05) is 11.1 Å². The van der Waals surface area contributed by atoms with Crippen molar-refractivity contribution in [3.63, 3.8) is 0 Å². The second-order valence-corrected chi connectivity index (χ2v) is 7.91. The van der Waals surface area contributed by atoms with Crippen molar-refractivity contribution in [3.8, 4) is 16.3 Å². The first-order chi connectivity index (χ1) is 14.6. The lowest BCUT2D eigenvalue weighted by molar-refractivity contribution is -0.122. The van der Waals surface area contributed by atoms with Crippen LogP contribution in [0.3, 0.4) is 0 Å². The number of para-hydroxylation sites is 1. The Kier molecular flexibility index (Phi) is 4.44. The zero-order chi connectivity index (χ0) is 20.7. The van der Waals surface area contributed by atoms with Crippen LogP contribution in [0, 0.1) is 0 Å². The molecule has 0 spiro atoms. The van der Waals surface area contributed by atoms with Gasteiger partial charge in [-0.2, -0.15) is 0 Å². The maximum atomic E-state index is 13.2. The zero-order valence-electron chi connectivity index (χ0n) is 16.0. The number of amides is 2. The minimum Gasteiger partial charge on any atom is -0.479 e. The standard InChI is InChI=1S/C23H17N3O3S/c1-13-22(27)26-18-11-14(8-9-20(18)29-13)24-23(28)16-12-19(21-7-4-10-30-21)25-17-6-3-2-5-15(16)17/h2-13H,1H3,(H,24,28)(H,26,27)/t13-/m0/s1. The predicted octanol–water partition coefficient (Wildman–Crippen LogP) is 4.94. The molecule has 0 radical (unpaired) electrons. The van der Waals surface area contributed by atoms with Gasteiger partial charge in [-0.1, -0.05) is 24.3 Å². The number of carbonyl (C=O) groups is 2.